The van der Waals surface area contributed by atoms with Crippen LogP contribution in [0.15, 0.2) is 41.3 Å². The maximum atomic E-state index is 12.5. The van der Waals surface area contributed by atoms with Crippen molar-refractivity contribution in [3.8, 4) is 11.5 Å². The lowest BCUT2D eigenvalue weighted by Gasteiger charge is -2.25. The summed E-state index contributed by atoms with van der Waals surface area (Å²) < 4.78 is 11.2. The molecule has 144 valence electrons. The first-order valence-electron chi connectivity index (χ1n) is 8.71. The van der Waals surface area contributed by atoms with Crippen LogP contribution >= 0.6 is 35.0 Å². The number of halogens is 2. The van der Waals surface area contributed by atoms with E-state index in [0.717, 1.165) is 22.0 Å². The van der Waals surface area contributed by atoms with E-state index in [0.29, 0.717) is 23.3 Å². The van der Waals surface area contributed by atoms with Crippen LogP contribution in [0.5, 0.6) is 11.5 Å². The number of carbonyl (C=O) groups is 1. The summed E-state index contributed by atoms with van der Waals surface area (Å²) in [6.45, 7) is 5.23. The zero-order valence-electron chi connectivity index (χ0n) is 15.1. The minimum absolute atomic E-state index is 0.0652. The summed E-state index contributed by atoms with van der Waals surface area (Å²) in [4.78, 5) is 13.3. The summed E-state index contributed by atoms with van der Waals surface area (Å²) in [6.07, 6.45) is 0. The van der Waals surface area contributed by atoms with Gasteiger partial charge in [-0.3, -0.25) is 4.79 Å². The number of benzene rings is 2. The van der Waals surface area contributed by atoms with E-state index in [9.17, 15) is 4.79 Å². The average Bonchev–Trinajstić information content (AvgIpc) is 2.66. The summed E-state index contributed by atoms with van der Waals surface area (Å²) in [6, 6.07) is 10.9. The number of amides is 1. The smallest absolute Gasteiger partial charge is 0.230 e. The van der Waals surface area contributed by atoms with E-state index < -0.39 is 0 Å². The second kappa shape index (κ2) is 9.09. The average molecular weight is 426 g/mol. The summed E-state index contributed by atoms with van der Waals surface area (Å²) in [5.41, 5.74) is 0.994. The van der Waals surface area contributed by atoms with Gasteiger partial charge in [0.15, 0.2) is 11.5 Å². The Balaban J connectivity index is 1.67. The van der Waals surface area contributed by atoms with Gasteiger partial charge in [0.1, 0.15) is 13.2 Å². The monoisotopic (exact) mass is 425 g/mol. The van der Waals surface area contributed by atoms with Crippen molar-refractivity contribution in [2.45, 2.75) is 24.8 Å². The van der Waals surface area contributed by atoms with Crippen LogP contribution in [-0.2, 0) is 4.79 Å². The number of rotatable bonds is 6. The van der Waals surface area contributed by atoms with Gasteiger partial charge in [0.25, 0.3) is 0 Å². The molecule has 27 heavy (non-hydrogen) atoms. The van der Waals surface area contributed by atoms with Crippen molar-refractivity contribution < 1.29 is 14.3 Å². The van der Waals surface area contributed by atoms with Gasteiger partial charge in [-0.15, -0.1) is 11.8 Å². The summed E-state index contributed by atoms with van der Waals surface area (Å²) in [5.74, 6) is 1.87. The molecule has 1 atom stereocenters. The minimum Gasteiger partial charge on any atom is -0.486 e. The Morgan fingerprint density at radius 2 is 1.85 bits per heavy atom. The number of nitrogens with one attached hydrogen (secondary N) is 1. The van der Waals surface area contributed by atoms with Crippen LogP contribution < -0.4 is 14.8 Å². The fourth-order valence-corrected chi connectivity index (χ4v) is 4.14. The van der Waals surface area contributed by atoms with Crippen molar-refractivity contribution in [2.24, 2.45) is 5.92 Å². The minimum atomic E-state index is -0.122. The van der Waals surface area contributed by atoms with Gasteiger partial charge >= 0.3 is 0 Å². The lowest BCUT2D eigenvalue weighted by atomic mass is 9.95. The van der Waals surface area contributed by atoms with E-state index in [1.54, 1.807) is 18.2 Å². The van der Waals surface area contributed by atoms with Crippen LogP contribution in [0.3, 0.4) is 0 Å². The molecule has 3 rings (SSSR count). The zero-order chi connectivity index (χ0) is 19.4. The molecule has 0 aliphatic carbocycles. The summed E-state index contributed by atoms with van der Waals surface area (Å²) >= 11 is 13.5. The molecular weight excluding hydrogens is 405 g/mol. The maximum absolute atomic E-state index is 12.5. The van der Waals surface area contributed by atoms with Crippen molar-refractivity contribution >= 4 is 40.9 Å². The van der Waals surface area contributed by atoms with Gasteiger partial charge in [-0.25, -0.2) is 0 Å². The maximum Gasteiger partial charge on any atom is 0.230 e. The molecule has 2 aromatic carbocycles. The molecule has 4 nitrogen and oxygen atoms in total. The molecular formula is C20H21Cl2NO3S. The second-order valence-corrected chi connectivity index (χ2v) is 8.42. The molecule has 0 saturated heterocycles. The number of ether oxygens (including phenoxy) is 2. The molecule has 0 spiro atoms. The summed E-state index contributed by atoms with van der Waals surface area (Å²) in [7, 11) is 0. The topological polar surface area (TPSA) is 47.6 Å². The molecule has 1 heterocycles. The van der Waals surface area contributed by atoms with Crippen LogP contribution in [0.4, 0.5) is 0 Å². The first kappa shape index (κ1) is 20.2. The third kappa shape index (κ3) is 5.24. The number of hydrogen-bond acceptors (Lipinski definition) is 4. The number of fused-ring (bicyclic) bond motifs is 1. The fraction of sp³-hybridized carbons (Fsp3) is 0.350. The zero-order valence-corrected chi connectivity index (χ0v) is 17.5. The van der Waals surface area contributed by atoms with Crippen molar-refractivity contribution in [1.29, 1.82) is 0 Å². The highest BCUT2D eigenvalue weighted by Crippen LogP contribution is 2.35. The molecule has 1 aliphatic heterocycles. The molecule has 1 amide bonds. The first-order valence-corrected chi connectivity index (χ1v) is 10.4. The van der Waals surface area contributed by atoms with E-state index in [1.165, 1.54) is 11.8 Å². The predicted molar refractivity (Wildman–Crippen MR) is 110 cm³/mol. The van der Waals surface area contributed by atoms with Gasteiger partial charge in [0.05, 0.1) is 16.8 Å². The van der Waals surface area contributed by atoms with E-state index >= 15 is 0 Å². The molecule has 1 unspecified atom stereocenters. The lowest BCUT2D eigenvalue weighted by Crippen LogP contribution is -2.33. The lowest BCUT2D eigenvalue weighted by molar-refractivity contribution is -0.119. The van der Waals surface area contributed by atoms with E-state index in [4.69, 9.17) is 32.7 Å². The van der Waals surface area contributed by atoms with Gasteiger partial charge in [-0.2, -0.15) is 0 Å². The molecule has 0 fully saturated rings. The molecule has 2 aromatic rings. The van der Waals surface area contributed by atoms with Crippen LogP contribution in [-0.4, -0.2) is 24.9 Å². The van der Waals surface area contributed by atoms with Gasteiger partial charge in [0, 0.05) is 9.92 Å². The highest BCUT2D eigenvalue weighted by Gasteiger charge is 2.21. The van der Waals surface area contributed by atoms with E-state index in [1.807, 2.05) is 18.2 Å². The molecule has 0 aromatic heterocycles. The molecule has 0 radical (unpaired) electrons. The summed E-state index contributed by atoms with van der Waals surface area (Å²) in [5, 5.41) is 4.30. The van der Waals surface area contributed by atoms with Crippen LogP contribution in [0.25, 0.3) is 0 Å². The standard InChI is InChI=1S/C20H21Cl2NO3S/c1-12(2)20(13-3-6-16-17(9-13)26-8-7-25-16)23-19(24)11-27-18-10-14(21)4-5-15(18)22/h3-6,9-10,12,20H,7-8,11H2,1-2H3,(H,23,24). The van der Waals surface area contributed by atoms with Crippen molar-refractivity contribution in [2.75, 3.05) is 19.0 Å². The van der Waals surface area contributed by atoms with Gasteiger partial charge in [-0.05, 0) is 41.8 Å². The van der Waals surface area contributed by atoms with Crippen molar-refractivity contribution in [3.05, 3.63) is 52.0 Å². The Bertz CT molecular complexity index is 829. The molecule has 0 bridgehead atoms. The fourth-order valence-electron chi connectivity index (χ4n) is 2.83. The third-order valence-electron chi connectivity index (χ3n) is 4.16. The normalized spacial score (nSPS) is 14.1. The van der Waals surface area contributed by atoms with E-state index in [2.05, 4.69) is 19.2 Å². The Morgan fingerprint density at radius 3 is 2.59 bits per heavy atom. The van der Waals surface area contributed by atoms with Gasteiger partial charge < -0.3 is 14.8 Å². The number of thioether (sulfide) groups is 1. The van der Waals surface area contributed by atoms with Crippen molar-refractivity contribution in [3.63, 3.8) is 0 Å². The largest absolute Gasteiger partial charge is 0.486 e. The highest BCUT2D eigenvalue weighted by atomic mass is 35.5. The van der Waals surface area contributed by atoms with E-state index in [-0.39, 0.29) is 23.6 Å². The van der Waals surface area contributed by atoms with Crippen LogP contribution in [0, 0.1) is 5.92 Å². The highest BCUT2D eigenvalue weighted by molar-refractivity contribution is 8.00. The van der Waals surface area contributed by atoms with Gasteiger partial charge in [-0.1, -0.05) is 43.1 Å². The molecule has 0 saturated carbocycles. The van der Waals surface area contributed by atoms with Crippen molar-refractivity contribution in [1.82, 2.24) is 5.32 Å². The number of carbonyl (C=O) groups excluding carboxylic acids is 1. The first-order chi connectivity index (χ1) is 12.9. The quantitative estimate of drug-likeness (QED) is 0.631. The Labute approximate surface area is 173 Å². The second-order valence-electron chi connectivity index (χ2n) is 6.56. The van der Waals surface area contributed by atoms with Gasteiger partial charge in [0.2, 0.25) is 5.91 Å². The number of hydrogen-bond donors (Lipinski definition) is 1. The predicted octanol–water partition coefficient (Wildman–Crippen LogP) is 5.37. The molecule has 1 aliphatic rings. The Morgan fingerprint density at radius 1 is 1.11 bits per heavy atom. The molecule has 7 heteroatoms. The van der Waals surface area contributed by atoms with Crippen LogP contribution in [0.1, 0.15) is 25.5 Å². The third-order valence-corrected chi connectivity index (χ3v) is 5.89. The SMILES string of the molecule is CC(C)C(NC(=O)CSc1cc(Cl)ccc1Cl)c1ccc2c(c1)OCCO2. The molecule has 1 N–H and O–H groups in total. The van der Waals surface area contributed by atoms with Crippen LogP contribution in [0.2, 0.25) is 10.0 Å². The Kier molecular flexibility index (Phi) is 6.79. The Hall–Kier alpha value is -1.56.